The van der Waals surface area contributed by atoms with E-state index in [-0.39, 0.29) is 16.4 Å². The van der Waals surface area contributed by atoms with Crippen molar-refractivity contribution >= 4 is 54.1 Å². The molecule has 0 bridgehead atoms. The van der Waals surface area contributed by atoms with Gasteiger partial charge in [-0.2, -0.15) is 4.31 Å². The summed E-state index contributed by atoms with van der Waals surface area (Å²) in [6.07, 6.45) is 2.91. The fraction of sp³-hybridized carbons (Fsp3) is 0.263. The third kappa shape index (κ3) is 5.76. The summed E-state index contributed by atoms with van der Waals surface area (Å²) in [4.78, 5) is 14.8. The molecule has 1 aliphatic rings. The zero-order valence-electron chi connectivity index (χ0n) is 16.0. The topological polar surface area (TPSA) is 126 Å². The second kappa shape index (κ2) is 9.98. The summed E-state index contributed by atoms with van der Waals surface area (Å²) in [7, 11) is -3.82. The second-order valence-electron chi connectivity index (χ2n) is 6.56. The highest BCUT2D eigenvalue weighted by molar-refractivity contribution is 9.11. The molecule has 3 rings (SSSR count). The van der Waals surface area contributed by atoms with E-state index in [9.17, 15) is 18.3 Å². The number of hydrogen-bond acceptors (Lipinski definition) is 7. The molecule has 166 valence electrons. The Morgan fingerprint density at radius 1 is 1.16 bits per heavy atom. The normalized spacial score (nSPS) is 14.8. The molecule has 0 spiro atoms. The van der Waals surface area contributed by atoms with Gasteiger partial charge in [-0.15, -0.1) is 0 Å². The Bertz CT molecular complexity index is 1090. The first-order valence-electron chi connectivity index (χ1n) is 9.05. The number of aromatic hydroxyl groups is 1. The van der Waals surface area contributed by atoms with Crippen LogP contribution in [-0.4, -0.2) is 54.8 Å². The monoisotopic (exact) mass is 576 g/mol. The fourth-order valence-corrected chi connectivity index (χ4v) is 5.89. The minimum Gasteiger partial charge on any atom is -0.507 e. The van der Waals surface area contributed by atoms with Crippen molar-refractivity contribution in [1.29, 1.82) is 0 Å². The SMILES string of the molecule is O=C(O)CON=Cc1cc(Br)c(Oc2ccc(O)c(S(=O)(=O)N3CCCC3)c2)c(Br)c1. The van der Waals surface area contributed by atoms with Crippen LogP contribution in [0.5, 0.6) is 17.2 Å². The lowest BCUT2D eigenvalue weighted by Crippen LogP contribution is -2.27. The lowest BCUT2D eigenvalue weighted by atomic mass is 10.2. The van der Waals surface area contributed by atoms with Crippen LogP contribution >= 0.6 is 31.9 Å². The Labute approximate surface area is 195 Å². The molecule has 0 aliphatic carbocycles. The number of aliphatic carboxylic acids is 1. The highest BCUT2D eigenvalue weighted by Gasteiger charge is 2.30. The molecule has 1 heterocycles. The number of carboxylic acids is 1. The minimum atomic E-state index is -3.82. The van der Waals surface area contributed by atoms with Crippen LogP contribution < -0.4 is 4.74 Å². The highest BCUT2D eigenvalue weighted by Crippen LogP contribution is 2.39. The van der Waals surface area contributed by atoms with E-state index in [1.807, 2.05) is 0 Å². The lowest BCUT2D eigenvalue weighted by Gasteiger charge is -2.17. The molecule has 1 aliphatic heterocycles. The van der Waals surface area contributed by atoms with Gasteiger partial charge in [0.15, 0.2) is 5.75 Å². The van der Waals surface area contributed by atoms with Crippen molar-refractivity contribution in [2.45, 2.75) is 17.7 Å². The number of oxime groups is 1. The predicted molar refractivity (Wildman–Crippen MR) is 119 cm³/mol. The van der Waals surface area contributed by atoms with Gasteiger partial charge in [0, 0.05) is 19.2 Å². The summed E-state index contributed by atoms with van der Waals surface area (Å²) in [6.45, 7) is 0.288. The van der Waals surface area contributed by atoms with Gasteiger partial charge in [-0.05, 0) is 74.5 Å². The Morgan fingerprint density at radius 3 is 2.42 bits per heavy atom. The lowest BCUT2D eigenvalue weighted by molar-refractivity contribution is -0.142. The maximum absolute atomic E-state index is 12.8. The fourth-order valence-electron chi connectivity index (χ4n) is 2.89. The molecule has 1 fully saturated rings. The number of benzene rings is 2. The summed E-state index contributed by atoms with van der Waals surface area (Å²) in [6, 6.07) is 7.36. The van der Waals surface area contributed by atoms with Crippen LogP contribution in [0.15, 0.2) is 49.3 Å². The molecule has 0 radical (unpaired) electrons. The van der Waals surface area contributed by atoms with Crippen molar-refractivity contribution in [3.63, 3.8) is 0 Å². The molecule has 0 atom stereocenters. The number of hydrogen-bond donors (Lipinski definition) is 2. The van der Waals surface area contributed by atoms with Crippen molar-refractivity contribution in [1.82, 2.24) is 4.31 Å². The number of sulfonamides is 1. The summed E-state index contributed by atoms with van der Waals surface area (Å²) >= 11 is 6.77. The Morgan fingerprint density at radius 2 is 1.81 bits per heavy atom. The molecular formula is C19H18Br2N2O7S. The van der Waals surface area contributed by atoms with Crippen LogP contribution in [-0.2, 0) is 19.7 Å². The van der Waals surface area contributed by atoms with Gasteiger partial charge < -0.3 is 19.8 Å². The number of ether oxygens (including phenoxy) is 1. The number of phenolic OH excluding ortho intramolecular Hbond substituents is 1. The van der Waals surface area contributed by atoms with E-state index in [0.717, 1.165) is 12.8 Å². The molecule has 2 aromatic rings. The molecule has 2 aromatic carbocycles. The maximum atomic E-state index is 12.8. The van der Waals surface area contributed by atoms with Crippen molar-refractivity contribution in [3.8, 4) is 17.2 Å². The molecule has 12 heteroatoms. The number of nitrogens with zero attached hydrogens (tertiary/aromatic N) is 2. The van der Waals surface area contributed by atoms with E-state index in [1.54, 1.807) is 12.1 Å². The van der Waals surface area contributed by atoms with Gasteiger partial charge in [0.2, 0.25) is 16.6 Å². The first kappa shape index (κ1) is 23.5. The minimum absolute atomic E-state index is 0.210. The van der Waals surface area contributed by atoms with E-state index in [2.05, 4.69) is 41.9 Å². The number of halogens is 2. The molecule has 0 saturated carbocycles. The number of rotatable bonds is 8. The quantitative estimate of drug-likeness (QED) is 0.359. The van der Waals surface area contributed by atoms with Gasteiger partial charge in [-0.3, -0.25) is 0 Å². The molecule has 0 unspecified atom stereocenters. The second-order valence-corrected chi connectivity index (χ2v) is 10.2. The Hall–Kier alpha value is -2.15. The van der Waals surface area contributed by atoms with Crippen LogP contribution in [0.1, 0.15) is 18.4 Å². The van der Waals surface area contributed by atoms with Crippen LogP contribution in [0.4, 0.5) is 0 Å². The summed E-state index contributed by atoms with van der Waals surface area (Å²) in [5, 5.41) is 22.3. The van der Waals surface area contributed by atoms with Crippen LogP contribution in [0.3, 0.4) is 0 Å². The van der Waals surface area contributed by atoms with E-state index in [0.29, 0.717) is 33.3 Å². The van der Waals surface area contributed by atoms with E-state index in [4.69, 9.17) is 9.84 Å². The smallest absolute Gasteiger partial charge is 0.344 e. The van der Waals surface area contributed by atoms with E-state index in [1.165, 1.54) is 28.7 Å². The molecule has 2 N–H and O–H groups in total. The van der Waals surface area contributed by atoms with Crippen molar-refractivity contribution < 1.29 is 33.0 Å². The Kier molecular flexibility index (Phi) is 7.57. The van der Waals surface area contributed by atoms with Crippen molar-refractivity contribution in [2.24, 2.45) is 5.16 Å². The average molecular weight is 578 g/mol. The maximum Gasteiger partial charge on any atom is 0.344 e. The van der Waals surface area contributed by atoms with Crippen LogP contribution in [0.2, 0.25) is 0 Å². The van der Waals surface area contributed by atoms with E-state index < -0.39 is 22.6 Å². The largest absolute Gasteiger partial charge is 0.507 e. The van der Waals surface area contributed by atoms with Crippen molar-refractivity contribution in [3.05, 3.63) is 44.8 Å². The zero-order valence-corrected chi connectivity index (χ0v) is 20.0. The molecule has 0 amide bonds. The molecule has 9 nitrogen and oxygen atoms in total. The summed E-state index contributed by atoms with van der Waals surface area (Å²) < 4.78 is 33.9. The number of phenols is 1. The highest BCUT2D eigenvalue weighted by atomic mass is 79.9. The first-order valence-corrected chi connectivity index (χ1v) is 12.1. The molecule has 31 heavy (non-hydrogen) atoms. The van der Waals surface area contributed by atoms with Gasteiger partial charge in [0.05, 0.1) is 15.2 Å². The third-order valence-electron chi connectivity index (χ3n) is 4.32. The molecule has 1 saturated heterocycles. The summed E-state index contributed by atoms with van der Waals surface area (Å²) in [5.74, 6) is -0.879. The van der Waals surface area contributed by atoms with E-state index >= 15 is 0 Å². The van der Waals surface area contributed by atoms with Gasteiger partial charge in [-0.25, -0.2) is 13.2 Å². The zero-order chi connectivity index (χ0) is 22.6. The van der Waals surface area contributed by atoms with Crippen LogP contribution in [0, 0.1) is 0 Å². The molecular weight excluding hydrogens is 560 g/mol. The number of carbonyl (C=O) groups is 1. The van der Waals surface area contributed by atoms with Gasteiger partial charge in [-0.1, -0.05) is 5.16 Å². The third-order valence-corrected chi connectivity index (χ3v) is 7.42. The summed E-state index contributed by atoms with van der Waals surface area (Å²) in [5.41, 5.74) is 0.597. The Balaban J connectivity index is 1.83. The van der Waals surface area contributed by atoms with Gasteiger partial charge in [0.25, 0.3) is 0 Å². The van der Waals surface area contributed by atoms with Crippen LogP contribution in [0.25, 0.3) is 0 Å². The van der Waals surface area contributed by atoms with Gasteiger partial charge >= 0.3 is 5.97 Å². The molecule has 0 aromatic heterocycles. The predicted octanol–water partition coefficient (Wildman–Crippen LogP) is 3.93. The van der Waals surface area contributed by atoms with Crippen molar-refractivity contribution in [2.75, 3.05) is 19.7 Å². The number of carboxylic acid groups (broad SMARTS) is 1. The standard InChI is InChI=1S/C19H18Br2N2O7S/c20-14-7-12(10-22-29-11-18(25)26)8-15(21)19(14)30-13-3-4-16(24)17(9-13)31(27,28)23-5-1-2-6-23/h3-4,7-10,24H,1-2,5-6,11H2,(H,25,26). The first-order chi connectivity index (χ1) is 14.7. The average Bonchev–Trinajstić information content (AvgIpc) is 3.25. The van der Waals surface area contributed by atoms with Gasteiger partial charge in [0.1, 0.15) is 16.4 Å².